The normalized spacial score (nSPS) is 23.5. The van der Waals surface area contributed by atoms with Crippen LogP contribution in [0.2, 0.25) is 0 Å². The molecule has 0 aliphatic carbocycles. The molecule has 2 rings (SSSR count). The second kappa shape index (κ2) is 4.94. The van der Waals surface area contributed by atoms with E-state index in [0.717, 1.165) is 45.7 Å². The van der Waals surface area contributed by atoms with E-state index >= 15 is 0 Å². The molecule has 0 aromatic rings. The van der Waals surface area contributed by atoms with E-state index in [4.69, 9.17) is 4.74 Å². The van der Waals surface area contributed by atoms with Crippen molar-refractivity contribution >= 4 is 5.91 Å². The van der Waals surface area contributed by atoms with Gasteiger partial charge >= 0.3 is 0 Å². The van der Waals surface area contributed by atoms with Crippen molar-refractivity contribution in [3.63, 3.8) is 0 Å². The van der Waals surface area contributed by atoms with Crippen molar-refractivity contribution in [2.75, 3.05) is 32.8 Å². The van der Waals surface area contributed by atoms with E-state index in [0.29, 0.717) is 11.9 Å². The fourth-order valence-corrected chi connectivity index (χ4v) is 2.29. The van der Waals surface area contributed by atoms with Gasteiger partial charge in [0.05, 0.1) is 5.92 Å². The summed E-state index contributed by atoms with van der Waals surface area (Å²) in [6.07, 6.45) is 2.00. The molecule has 0 aromatic heterocycles. The highest BCUT2D eigenvalue weighted by molar-refractivity contribution is 5.80. The van der Waals surface area contributed by atoms with Crippen LogP contribution in [0.3, 0.4) is 0 Å². The van der Waals surface area contributed by atoms with Crippen LogP contribution in [-0.2, 0) is 9.53 Å². The third-order valence-electron chi connectivity index (χ3n) is 3.39. The Kier molecular flexibility index (Phi) is 3.59. The summed E-state index contributed by atoms with van der Waals surface area (Å²) in [5, 5.41) is 3.15. The lowest BCUT2D eigenvalue weighted by molar-refractivity contribution is -0.141. The summed E-state index contributed by atoms with van der Waals surface area (Å²) in [4.78, 5) is 14.2. The minimum absolute atomic E-state index is 0.229. The van der Waals surface area contributed by atoms with E-state index in [9.17, 15) is 4.79 Å². The van der Waals surface area contributed by atoms with Gasteiger partial charge in [0.25, 0.3) is 0 Å². The first kappa shape index (κ1) is 10.9. The number of ether oxygens (including phenoxy) is 1. The van der Waals surface area contributed by atoms with Crippen LogP contribution in [0.1, 0.15) is 19.8 Å². The summed E-state index contributed by atoms with van der Waals surface area (Å²) in [6, 6.07) is 0.414. The van der Waals surface area contributed by atoms with Gasteiger partial charge in [0.2, 0.25) is 5.91 Å². The number of carbonyl (C=O) groups excluding carboxylic acids is 1. The maximum absolute atomic E-state index is 12.1. The molecule has 0 radical (unpaired) electrons. The quantitative estimate of drug-likeness (QED) is 0.728. The van der Waals surface area contributed by atoms with Crippen molar-refractivity contribution in [2.45, 2.75) is 25.8 Å². The molecule has 0 unspecified atom stereocenters. The molecular formula is C11H20N2O2. The fourth-order valence-electron chi connectivity index (χ4n) is 2.29. The molecule has 0 atom stereocenters. The van der Waals surface area contributed by atoms with Crippen molar-refractivity contribution in [3.8, 4) is 0 Å². The Morgan fingerprint density at radius 1 is 1.40 bits per heavy atom. The molecule has 2 saturated heterocycles. The Labute approximate surface area is 91.0 Å². The minimum atomic E-state index is 0.229. The van der Waals surface area contributed by atoms with Gasteiger partial charge in [-0.3, -0.25) is 4.79 Å². The molecule has 0 aromatic carbocycles. The van der Waals surface area contributed by atoms with Gasteiger partial charge in [-0.25, -0.2) is 0 Å². The van der Waals surface area contributed by atoms with E-state index in [1.807, 2.05) is 4.90 Å². The zero-order valence-electron chi connectivity index (χ0n) is 9.37. The first-order chi connectivity index (χ1) is 7.33. The number of rotatable bonds is 3. The Morgan fingerprint density at radius 3 is 2.53 bits per heavy atom. The number of nitrogens with one attached hydrogen (secondary N) is 1. The standard InChI is InChI=1S/C11H20N2O2/c1-2-13(10-3-5-15-6-4-10)11(14)9-7-12-8-9/h9-10,12H,2-8H2,1H3. The van der Waals surface area contributed by atoms with Crippen molar-refractivity contribution in [1.29, 1.82) is 0 Å². The number of nitrogens with zero attached hydrogens (tertiary/aromatic N) is 1. The molecule has 0 saturated carbocycles. The van der Waals surface area contributed by atoms with Crippen LogP contribution >= 0.6 is 0 Å². The number of hydrogen-bond donors (Lipinski definition) is 1. The predicted octanol–water partition coefficient (Wildman–Crippen LogP) is 0.233. The summed E-state index contributed by atoms with van der Waals surface area (Å²) in [5.41, 5.74) is 0. The third kappa shape index (κ3) is 2.32. The second-order valence-electron chi connectivity index (χ2n) is 4.32. The smallest absolute Gasteiger partial charge is 0.228 e. The lowest BCUT2D eigenvalue weighted by Crippen LogP contribution is -2.55. The molecule has 0 spiro atoms. The van der Waals surface area contributed by atoms with Crippen LogP contribution in [0.15, 0.2) is 0 Å². The third-order valence-corrected chi connectivity index (χ3v) is 3.39. The molecule has 2 heterocycles. The number of carbonyl (C=O) groups is 1. The molecule has 2 aliphatic heterocycles. The maximum Gasteiger partial charge on any atom is 0.228 e. The topological polar surface area (TPSA) is 41.6 Å². The first-order valence-corrected chi connectivity index (χ1v) is 5.92. The maximum atomic E-state index is 12.1. The molecule has 4 nitrogen and oxygen atoms in total. The van der Waals surface area contributed by atoms with Gasteiger partial charge in [0.1, 0.15) is 0 Å². The van der Waals surface area contributed by atoms with Crippen molar-refractivity contribution in [1.82, 2.24) is 10.2 Å². The largest absolute Gasteiger partial charge is 0.381 e. The van der Waals surface area contributed by atoms with Crippen LogP contribution < -0.4 is 5.32 Å². The summed E-state index contributed by atoms with van der Waals surface area (Å²) >= 11 is 0. The second-order valence-corrected chi connectivity index (χ2v) is 4.32. The van der Waals surface area contributed by atoms with Gasteiger partial charge in [-0.05, 0) is 19.8 Å². The van der Waals surface area contributed by atoms with E-state index in [1.54, 1.807) is 0 Å². The van der Waals surface area contributed by atoms with Gasteiger partial charge in [-0.2, -0.15) is 0 Å². The van der Waals surface area contributed by atoms with Crippen LogP contribution in [0.4, 0.5) is 0 Å². The average molecular weight is 212 g/mol. The van der Waals surface area contributed by atoms with Crippen LogP contribution in [0, 0.1) is 5.92 Å². The van der Waals surface area contributed by atoms with Crippen molar-refractivity contribution in [3.05, 3.63) is 0 Å². The Morgan fingerprint density at radius 2 is 2.07 bits per heavy atom. The van der Waals surface area contributed by atoms with Gasteiger partial charge < -0.3 is 15.0 Å². The van der Waals surface area contributed by atoms with Crippen LogP contribution in [0.25, 0.3) is 0 Å². The van der Waals surface area contributed by atoms with Crippen LogP contribution in [0.5, 0.6) is 0 Å². The molecule has 1 amide bonds. The van der Waals surface area contributed by atoms with Gasteiger partial charge in [-0.15, -0.1) is 0 Å². The van der Waals surface area contributed by atoms with Crippen molar-refractivity contribution in [2.24, 2.45) is 5.92 Å². The van der Waals surface area contributed by atoms with E-state index in [2.05, 4.69) is 12.2 Å². The SMILES string of the molecule is CCN(C(=O)C1CNC1)C1CCOCC1. The zero-order chi connectivity index (χ0) is 10.7. The summed E-state index contributed by atoms with van der Waals surface area (Å²) < 4.78 is 5.32. The Hall–Kier alpha value is -0.610. The van der Waals surface area contributed by atoms with Gasteiger partial charge in [-0.1, -0.05) is 0 Å². The highest BCUT2D eigenvalue weighted by atomic mass is 16.5. The highest BCUT2D eigenvalue weighted by Crippen LogP contribution is 2.18. The molecule has 86 valence electrons. The lowest BCUT2D eigenvalue weighted by Gasteiger charge is -2.38. The first-order valence-electron chi connectivity index (χ1n) is 5.92. The lowest BCUT2D eigenvalue weighted by atomic mass is 9.98. The van der Waals surface area contributed by atoms with Crippen molar-refractivity contribution < 1.29 is 9.53 Å². The fraction of sp³-hybridized carbons (Fsp3) is 0.909. The monoisotopic (exact) mass is 212 g/mol. The molecular weight excluding hydrogens is 192 g/mol. The van der Waals surface area contributed by atoms with E-state index in [-0.39, 0.29) is 5.92 Å². The van der Waals surface area contributed by atoms with E-state index < -0.39 is 0 Å². The predicted molar refractivity (Wildman–Crippen MR) is 57.6 cm³/mol. The Balaban J connectivity index is 1.92. The van der Waals surface area contributed by atoms with Gasteiger partial charge in [0.15, 0.2) is 0 Å². The molecule has 15 heavy (non-hydrogen) atoms. The van der Waals surface area contributed by atoms with E-state index in [1.165, 1.54) is 0 Å². The average Bonchev–Trinajstić information content (AvgIpc) is 2.18. The Bertz CT molecular complexity index is 223. The summed E-state index contributed by atoms with van der Waals surface area (Å²) in [6.45, 7) is 6.23. The number of amides is 1. The van der Waals surface area contributed by atoms with Gasteiger partial charge in [0, 0.05) is 38.9 Å². The highest BCUT2D eigenvalue weighted by Gasteiger charge is 2.32. The molecule has 2 fully saturated rings. The van der Waals surface area contributed by atoms with Crippen LogP contribution in [-0.4, -0.2) is 49.7 Å². The zero-order valence-corrected chi connectivity index (χ0v) is 9.37. The number of hydrogen-bond acceptors (Lipinski definition) is 3. The molecule has 2 aliphatic rings. The molecule has 1 N–H and O–H groups in total. The molecule has 0 bridgehead atoms. The summed E-state index contributed by atoms with van der Waals surface area (Å²) in [5.74, 6) is 0.566. The minimum Gasteiger partial charge on any atom is -0.381 e. The molecule has 4 heteroatoms. The summed E-state index contributed by atoms with van der Waals surface area (Å²) in [7, 11) is 0.